The molecule has 0 saturated heterocycles. The van der Waals surface area contributed by atoms with E-state index in [-0.39, 0.29) is 111 Å². The number of amides is 3. The molecule has 404 valence electrons. The van der Waals surface area contributed by atoms with Gasteiger partial charge in [-0.2, -0.15) is 48.3 Å². The molecule has 3 aliphatic heterocycles. The Balaban J connectivity index is 0.000000189. The van der Waals surface area contributed by atoms with Gasteiger partial charge in [0.25, 0.3) is 0 Å². The van der Waals surface area contributed by atoms with Crippen LogP contribution in [-0.4, -0.2) is 105 Å². The van der Waals surface area contributed by atoms with Crippen LogP contribution in [0, 0.1) is 29.1 Å². The summed E-state index contributed by atoms with van der Waals surface area (Å²) in [5.74, 6) is -12.1. The van der Waals surface area contributed by atoms with Crippen molar-refractivity contribution in [1.29, 1.82) is 0 Å². The van der Waals surface area contributed by atoms with Crippen LogP contribution in [0.1, 0.15) is 59.2 Å². The number of carbonyl (C=O) groups excluding carboxylic acids is 3. The molecule has 3 N–H and O–H groups in total. The summed E-state index contributed by atoms with van der Waals surface area (Å²) in [5, 5.41) is 9.20. The minimum atomic E-state index is -5.80. The van der Waals surface area contributed by atoms with Crippen LogP contribution in [0.3, 0.4) is 0 Å². The molecule has 32 heteroatoms. The maximum absolute atomic E-state index is 13.9. The number of benzene rings is 2. The van der Waals surface area contributed by atoms with Crippen molar-refractivity contribution >= 4 is 33.7 Å². The highest BCUT2D eigenvalue weighted by Crippen LogP contribution is 2.43. The summed E-state index contributed by atoms with van der Waals surface area (Å²) in [5.41, 5.74) is 3.37. The first kappa shape index (κ1) is 57.0. The molecule has 5 aromatic rings. The fourth-order valence-electron chi connectivity index (χ4n) is 7.54. The number of hydrogen-bond acceptors (Lipinski definition) is 9. The van der Waals surface area contributed by atoms with E-state index in [1.165, 1.54) is 26.2 Å². The first-order valence-corrected chi connectivity index (χ1v) is 22.3. The molecule has 0 fully saturated rings. The van der Waals surface area contributed by atoms with Crippen LogP contribution >= 0.6 is 15.9 Å². The molecule has 15 nitrogen and oxygen atoms in total. The highest BCUT2D eigenvalue weighted by Gasteiger charge is 2.60. The SMILES string of the molecule is CC(=O)N1CCn2cc(C(F)(F)F)nc2C1.N[C@@H](CC(=O)N1CCn2c(nnc2C(F)(F)F)C1)Cc1cc(F)c(Br)cc1F.O=C(CNCc1cc(F)c(F)cc1F)N1CCn2cc(C(F)(F)C(F)(F)F)nc2C1. The molecule has 0 spiro atoms. The normalized spacial score (nSPS) is 15.3. The van der Waals surface area contributed by atoms with Gasteiger partial charge in [0.15, 0.2) is 23.2 Å². The van der Waals surface area contributed by atoms with Gasteiger partial charge in [0.1, 0.15) is 34.8 Å². The second kappa shape index (κ2) is 22.3. The molecule has 1 atom stereocenters. The number of nitrogens with one attached hydrogen (secondary N) is 1. The third kappa shape index (κ3) is 13.5. The lowest BCUT2D eigenvalue weighted by Gasteiger charge is -2.29. The zero-order chi connectivity index (χ0) is 54.8. The number of alkyl halides is 11. The van der Waals surface area contributed by atoms with E-state index in [1.807, 2.05) is 0 Å². The zero-order valence-corrected chi connectivity index (χ0v) is 39.5. The van der Waals surface area contributed by atoms with E-state index in [2.05, 4.69) is 41.4 Å². The third-order valence-corrected chi connectivity index (χ3v) is 12.0. The second-order valence-corrected chi connectivity index (χ2v) is 17.5. The minimum absolute atomic E-state index is 0.0194. The maximum atomic E-state index is 13.9. The number of nitrogens with zero attached hydrogens (tertiary/aromatic N) is 10. The molecule has 8 rings (SSSR count). The van der Waals surface area contributed by atoms with Gasteiger partial charge in [-0.1, -0.05) is 0 Å². The molecule has 0 bridgehead atoms. The smallest absolute Gasteiger partial charge is 0.334 e. The quantitative estimate of drug-likeness (QED) is 0.117. The molecule has 0 radical (unpaired) electrons. The summed E-state index contributed by atoms with van der Waals surface area (Å²) in [6.07, 6.45) is -13.5. The predicted molar refractivity (Wildman–Crippen MR) is 225 cm³/mol. The highest BCUT2D eigenvalue weighted by molar-refractivity contribution is 9.10. The number of rotatable bonds is 9. The van der Waals surface area contributed by atoms with E-state index in [0.717, 1.165) is 27.5 Å². The number of imidazole rings is 2. The van der Waals surface area contributed by atoms with Crippen LogP contribution in [0.2, 0.25) is 0 Å². The summed E-state index contributed by atoms with van der Waals surface area (Å²) in [6, 6.07) is 2.21. The molecule has 3 amide bonds. The minimum Gasteiger partial charge on any atom is -0.334 e. The summed E-state index contributed by atoms with van der Waals surface area (Å²) in [6.45, 7) is 1.18. The molecular formula is C42H39BrF16N12O3. The number of aromatic nitrogens is 7. The van der Waals surface area contributed by atoms with Crippen LogP contribution in [-0.2, 0) is 84.9 Å². The largest absolute Gasteiger partial charge is 0.459 e. The van der Waals surface area contributed by atoms with Crippen LogP contribution in [0.5, 0.6) is 0 Å². The van der Waals surface area contributed by atoms with Crippen LogP contribution < -0.4 is 11.1 Å². The van der Waals surface area contributed by atoms with Crippen molar-refractivity contribution in [2.24, 2.45) is 5.73 Å². The predicted octanol–water partition coefficient (Wildman–Crippen LogP) is 6.99. The molecule has 0 aliphatic carbocycles. The van der Waals surface area contributed by atoms with Crippen molar-refractivity contribution in [3.8, 4) is 0 Å². The Morgan fingerprint density at radius 2 is 1.16 bits per heavy atom. The number of fused-ring (bicyclic) bond motifs is 3. The molecule has 3 aromatic heterocycles. The second-order valence-electron chi connectivity index (χ2n) is 16.7. The number of nitrogens with two attached hydrogens (primary N) is 1. The molecule has 0 unspecified atom stereocenters. The lowest BCUT2D eigenvalue weighted by molar-refractivity contribution is -0.290. The topological polar surface area (TPSA) is 165 Å². The van der Waals surface area contributed by atoms with Gasteiger partial charge in [0.05, 0.1) is 30.7 Å². The van der Waals surface area contributed by atoms with Crippen molar-refractivity contribution in [2.45, 2.75) is 96.1 Å². The monoisotopic (exact) mass is 1140 g/mol. The van der Waals surface area contributed by atoms with Gasteiger partial charge in [-0.3, -0.25) is 14.4 Å². The molecule has 0 saturated carbocycles. The molecule has 74 heavy (non-hydrogen) atoms. The Labute approximate surface area is 415 Å². The summed E-state index contributed by atoms with van der Waals surface area (Å²) in [7, 11) is 0. The van der Waals surface area contributed by atoms with Gasteiger partial charge >= 0.3 is 24.5 Å². The number of halogens is 17. The zero-order valence-electron chi connectivity index (χ0n) is 37.9. The van der Waals surface area contributed by atoms with Crippen molar-refractivity contribution in [2.75, 3.05) is 26.2 Å². The Morgan fingerprint density at radius 1 is 0.635 bits per heavy atom. The molecule has 3 aliphatic rings. The number of hydrogen-bond donors (Lipinski definition) is 2. The third-order valence-electron chi connectivity index (χ3n) is 11.4. The standard InChI is InChI=1S/C17H14F8N4O.C16H15BrF5N5O.C9H10F3N3O/c18-10-4-12(20)11(19)3-9(10)5-26-6-15(30)29-2-1-28-7-13(27-14(28)8-29)16(21,22)17(23,24)25;17-10-6-11(18)8(4-12(10)19)3-9(23)5-14(28)26-1-2-27-13(7-26)24-25-15(27)16(20,21)22;1-6(16)14-2-3-15-4-7(9(10,11)12)13-8(15)5-14/h3-4,7,26H,1-2,5-6,8H2;4,6,9H,1-3,5,7,23H2;4H,2-3,5H2,1H3/t;9-;/m.1./s1. The average Bonchev–Trinajstić information content (AvgIpc) is 4.07. The van der Waals surface area contributed by atoms with Crippen LogP contribution in [0.25, 0.3) is 0 Å². The van der Waals surface area contributed by atoms with Crippen molar-refractivity contribution in [1.82, 2.24) is 53.9 Å². The fourth-order valence-corrected chi connectivity index (χ4v) is 7.86. The van der Waals surface area contributed by atoms with Crippen molar-refractivity contribution in [3.63, 3.8) is 0 Å². The van der Waals surface area contributed by atoms with E-state index < -0.39 is 88.6 Å². The summed E-state index contributed by atoms with van der Waals surface area (Å²) in [4.78, 5) is 46.5. The first-order valence-electron chi connectivity index (χ1n) is 21.5. The van der Waals surface area contributed by atoms with E-state index in [4.69, 9.17) is 5.73 Å². The van der Waals surface area contributed by atoms with Crippen LogP contribution in [0.15, 0.2) is 41.1 Å². The molecule has 6 heterocycles. The summed E-state index contributed by atoms with van der Waals surface area (Å²) >= 11 is 2.88. The molecule has 2 aromatic carbocycles. The molecular weight excluding hydrogens is 1100 g/mol. The van der Waals surface area contributed by atoms with Gasteiger partial charge in [0, 0.05) is 89.2 Å². The Morgan fingerprint density at radius 3 is 1.77 bits per heavy atom. The van der Waals surface area contributed by atoms with E-state index in [0.29, 0.717) is 31.4 Å². The number of carbonyl (C=O) groups is 3. The van der Waals surface area contributed by atoms with Gasteiger partial charge in [-0.15, -0.1) is 10.2 Å². The lowest BCUT2D eigenvalue weighted by atomic mass is 10.0. The van der Waals surface area contributed by atoms with Gasteiger partial charge in [0.2, 0.25) is 23.5 Å². The van der Waals surface area contributed by atoms with Crippen molar-refractivity contribution in [3.05, 3.63) is 116 Å². The lowest BCUT2D eigenvalue weighted by Crippen LogP contribution is -2.42. The van der Waals surface area contributed by atoms with Gasteiger partial charge in [-0.25, -0.2) is 31.9 Å². The Bertz CT molecular complexity index is 2860. The first-order chi connectivity index (χ1) is 34.3. The Hall–Kier alpha value is -6.31. The summed E-state index contributed by atoms with van der Waals surface area (Å²) < 4.78 is 211. The van der Waals surface area contributed by atoms with Crippen LogP contribution in [0.4, 0.5) is 70.2 Å². The Kier molecular flexibility index (Phi) is 17.1. The van der Waals surface area contributed by atoms with E-state index in [9.17, 15) is 84.6 Å². The van der Waals surface area contributed by atoms with Crippen molar-refractivity contribution < 1.29 is 84.6 Å². The van der Waals surface area contributed by atoms with E-state index >= 15 is 0 Å². The highest BCUT2D eigenvalue weighted by atomic mass is 79.9. The van der Waals surface area contributed by atoms with Gasteiger partial charge in [-0.05, 0) is 46.1 Å². The van der Waals surface area contributed by atoms with Gasteiger partial charge < -0.3 is 39.5 Å². The van der Waals surface area contributed by atoms with E-state index in [1.54, 1.807) is 0 Å². The average molecular weight is 1140 g/mol. The maximum Gasteiger partial charge on any atom is 0.459 e. The fraction of sp³-hybridized carbons (Fsp3) is 0.452.